The third-order valence-electron chi connectivity index (χ3n) is 7.03. The number of esters is 1. The van der Waals surface area contributed by atoms with E-state index in [0.29, 0.717) is 18.1 Å². The van der Waals surface area contributed by atoms with Crippen molar-refractivity contribution in [1.82, 2.24) is 0 Å². The van der Waals surface area contributed by atoms with E-state index in [-0.39, 0.29) is 30.5 Å². The van der Waals surface area contributed by atoms with Gasteiger partial charge in [0, 0.05) is 6.42 Å². The molecule has 2 rings (SSSR count). The van der Waals surface area contributed by atoms with E-state index in [4.69, 9.17) is 9.47 Å². The quantitative estimate of drug-likeness (QED) is 0.162. The molecule has 0 amide bonds. The molecule has 0 heterocycles. The second-order valence-electron chi connectivity index (χ2n) is 9.98. The maximum Gasteiger partial charge on any atom is 0.306 e. The summed E-state index contributed by atoms with van der Waals surface area (Å²) in [7, 11) is 0. The number of unbranched alkanes of at least 4 members (excludes halogenated alkanes) is 1. The van der Waals surface area contributed by atoms with Crippen molar-refractivity contribution >= 4 is 5.97 Å². The standard InChI is InChI=1S/C28H42F2O3/c1-21(2)33-27(31)18-11-6-5-8-13-23-14-12-17-25(23)26(19-29)22(3)28(4,30)20-32-24-15-9-7-10-16-24/h5,7-10,15-16,21-23,25-26H,6,11-14,17-20H2,1-4H3/b8-5-/t22?,23-,25-,26?,28?/m0/s1. The van der Waals surface area contributed by atoms with Crippen LogP contribution < -0.4 is 4.74 Å². The van der Waals surface area contributed by atoms with Gasteiger partial charge in [0.25, 0.3) is 0 Å². The molecule has 3 nitrogen and oxygen atoms in total. The van der Waals surface area contributed by atoms with Gasteiger partial charge in [0.15, 0.2) is 0 Å². The van der Waals surface area contributed by atoms with Crippen LogP contribution in [0.2, 0.25) is 0 Å². The molecular weight excluding hydrogens is 422 g/mol. The van der Waals surface area contributed by atoms with Gasteiger partial charge in [0.2, 0.25) is 0 Å². The molecule has 1 saturated carbocycles. The summed E-state index contributed by atoms with van der Waals surface area (Å²) in [5.41, 5.74) is -1.61. The van der Waals surface area contributed by atoms with Crippen LogP contribution in [0.25, 0.3) is 0 Å². The van der Waals surface area contributed by atoms with Crippen LogP contribution in [0.3, 0.4) is 0 Å². The topological polar surface area (TPSA) is 35.5 Å². The van der Waals surface area contributed by atoms with Crippen molar-refractivity contribution in [1.29, 1.82) is 0 Å². The molecule has 5 heteroatoms. The molecule has 5 atom stereocenters. The lowest BCUT2D eigenvalue weighted by Gasteiger charge is -2.37. The SMILES string of the molecule is CC(C)OC(=O)CCC/C=C\C[C@H]1CCC[C@@H]1C(CF)C(C)C(C)(F)COc1ccccc1. The monoisotopic (exact) mass is 464 g/mol. The van der Waals surface area contributed by atoms with Gasteiger partial charge in [0.1, 0.15) is 18.0 Å². The molecule has 1 fully saturated rings. The van der Waals surface area contributed by atoms with Crippen LogP contribution in [0.15, 0.2) is 42.5 Å². The molecule has 0 N–H and O–H groups in total. The predicted molar refractivity (Wildman–Crippen MR) is 130 cm³/mol. The second kappa shape index (κ2) is 13.7. The van der Waals surface area contributed by atoms with Gasteiger partial charge in [-0.25, -0.2) is 4.39 Å². The summed E-state index contributed by atoms with van der Waals surface area (Å²) < 4.78 is 40.6. The smallest absolute Gasteiger partial charge is 0.306 e. The van der Waals surface area contributed by atoms with Crippen molar-refractivity contribution in [3.05, 3.63) is 42.5 Å². The van der Waals surface area contributed by atoms with E-state index in [1.807, 2.05) is 39.0 Å². The number of alkyl halides is 2. The van der Waals surface area contributed by atoms with Crippen LogP contribution in [0.4, 0.5) is 8.78 Å². The number of hydrogen-bond acceptors (Lipinski definition) is 3. The van der Waals surface area contributed by atoms with Crippen molar-refractivity contribution in [2.75, 3.05) is 13.3 Å². The van der Waals surface area contributed by atoms with Gasteiger partial charge >= 0.3 is 5.97 Å². The van der Waals surface area contributed by atoms with Gasteiger partial charge in [-0.3, -0.25) is 9.18 Å². The molecule has 0 saturated heterocycles. The van der Waals surface area contributed by atoms with E-state index >= 15 is 4.39 Å². The van der Waals surface area contributed by atoms with E-state index in [2.05, 4.69) is 12.2 Å². The van der Waals surface area contributed by atoms with Crippen molar-refractivity contribution in [3.63, 3.8) is 0 Å². The average molecular weight is 465 g/mol. The molecule has 0 bridgehead atoms. The maximum absolute atomic E-state index is 15.6. The van der Waals surface area contributed by atoms with Gasteiger partial charge in [-0.2, -0.15) is 0 Å². The van der Waals surface area contributed by atoms with Crippen LogP contribution in [0.5, 0.6) is 5.75 Å². The molecule has 0 aliphatic heterocycles. The molecule has 1 aromatic rings. The molecule has 0 spiro atoms. The lowest BCUT2D eigenvalue weighted by molar-refractivity contribution is -0.147. The summed E-state index contributed by atoms with van der Waals surface area (Å²) in [6.07, 6.45) is 10.2. The molecule has 0 radical (unpaired) electrons. The molecule has 0 aromatic heterocycles. The summed E-state index contributed by atoms with van der Waals surface area (Å²) in [6.45, 7) is 6.49. The summed E-state index contributed by atoms with van der Waals surface area (Å²) in [6, 6.07) is 9.21. The molecule has 1 aromatic carbocycles. The molecular formula is C28H42F2O3. The van der Waals surface area contributed by atoms with Crippen LogP contribution >= 0.6 is 0 Å². The molecule has 3 unspecified atom stereocenters. The minimum absolute atomic E-state index is 0.0748. The minimum atomic E-state index is -1.61. The van der Waals surface area contributed by atoms with Crippen molar-refractivity contribution < 1.29 is 23.0 Å². The van der Waals surface area contributed by atoms with Crippen LogP contribution in [-0.2, 0) is 9.53 Å². The molecule has 186 valence electrons. The number of para-hydroxylation sites is 1. The highest BCUT2D eigenvalue weighted by Crippen LogP contribution is 2.45. The lowest BCUT2D eigenvalue weighted by Crippen LogP contribution is -2.42. The fourth-order valence-corrected chi connectivity index (χ4v) is 4.93. The number of rotatable bonds is 14. The highest BCUT2D eigenvalue weighted by molar-refractivity contribution is 5.69. The van der Waals surface area contributed by atoms with E-state index < -0.39 is 18.3 Å². The van der Waals surface area contributed by atoms with Crippen LogP contribution in [0.1, 0.15) is 72.6 Å². The van der Waals surface area contributed by atoms with Gasteiger partial charge in [-0.15, -0.1) is 0 Å². The maximum atomic E-state index is 15.6. The predicted octanol–water partition coefficient (Wildman–Crippen LogP) is 7.50. The number of benzene rings is 1. The summed E-state index contributed by atoms with van der Waals surface area (Å²) >= 11 is 0. The normalized spacial score (nSPS) is 22.3. The number of allylic oxidation sites excluding steroid dienone is 2. The Balaban J connectivity index is 1.84. The summed E-state index contributed by atoms with van der Waals surface area (Å²) in [4.78, 5) is 11.6. The fraction of sp³-hybridized carbons (Fsp3) is 0.679. The number of halogens is 2. The number of hydrogen-bond donors (Lipinski definition) is 0. The number of ether oxygens (including phenoxy) is 2. The Hall–Kier alpha value is -1.91. The van der Waals surface area contributed by atoms with E-state index in [9.17, 15) is 9.18 Å². The fourth-order valence-electron chi connectivity index (χ4n) is 4.93. The summed E-state index contributed by atoms with van der Waals surface area (Å²) in [5, 5.41) is 0. The first-order valence-electron chi connectivity index (χ1n) is 12.5. The highest BCUT2D eigenvalue weighted by atomic mass is 19.1. The minimum Gasteiger partial charge on any atom is -0.490 e. The Kier molecular flexibility index (Phi) is 11.4. The zero-order valence-corrected chi connectivity index (χ0v) is 20.8. The van der Waals surface area contributed by atoms with Gasteiger partial charge in [-0.05, 0) is 88.7 Å². The zero-order valence-electron chi connectivity index (χ0n) is 20.8. The largest absolute Gasteiger partial charge is 0.490 e. The first-order chi connectivity index (χ1) is 15.7. The average Bonchev–Trinajstić information content (AvgIpc) is 3.23. The Labute approximate surface area is 198 Å². The van der Waals surface area contributed by atoms with Crippen molar-refractivity contribution in [2.24, 2.45) is 23.7 Å². The number of carbonyl (C=O) groups excluding carboxylic acids is 1. The van der Waals surface area contributed by atoms with E-state index in [0.717, 1.165) is 38.5 Å². The van der Waals surface area contributed by atoms with Crippen molar-refractivity contribution in [2.45, 2.75) is 84.4 Å². The molecule has 1 aliphatic carbocycles. The third kappa shape index (κ3) is 9.10. The highest BCUT2D eigenvalue weighted by Gasteiger charge is 2.43. The Morgan fingerprint density at radius 3 is 2.58 bits per heavy atom. The first-order valence-corrected chi connectivity index (χ1v) is 12.5. The third-order valence-corrected chi connectivity index (χ3v) is 7.03. The summed E-state index contributed by atoms with van der Waals surface area (Å²) in [5.74, 6) is 0.286. The van der Waals surface area contributed by atoms with Crippen LogP contribution in [0, 0.1) is 23.7 Å². The van der Waals surface area contributed by atoms with E-state index in [1.54, 1.807) is 12.1 Å². The Morgan fingerprint density at radius 1 is 1.18 bits per heavy atom. The number of carbonyl (C=O) groups is 1. The van der Waals surface area contributed by atoms with Crippen LogP contribution in [-0.4, -0.2) is 31.0 Å². The first kappa shape index (κ1) is 27.3. The lowest BCUT2D eigenvalue weighted by atomic mass is 9.71. The Morgan fingerprint density at radius 2 is 1.91 bits per heavy atom. The molecule has 1 aliphatic rings. The zero-order chi connectivity index (χ0) is 24.3. The van der Waals surface area contributed by atoms with Gasteiger partial charge < -0.3 is 9.47 Å². The van der Waals surface area contributed by atoms with Gasteiger partial charge in [0.05, 0.1) is 12.8 Å². The Bertz CT molecular complexity index is 717. The van der Waals surface area contributed by atoms with Gasteiger partial charge in [-0.1, -0.05) is 43.7 Å². The second-order valence-corrected chi connectivity index (χ2v) is 9.98. The van der Waals surface area contributed by atoms with E-state index in [1.165, 1.54) is 6.92 Å². The molecule has 33 heavy (non-hydrogen) atoms. The van der Waals surface area contributed by atoms with Crippen molar-refractivity contribution in [3.8, 4) is 5.75 Å².